The average Bonchev–Trinajstić information content (AvgIpc) is 1.82. The van der Waals surface area contributed by atoms with Crippen molar-refractivity contribution >= 4 is 140 Å². The summed E-state index contributed by atoms with van der Waals surface area (Å²) in [6.45, 7) is 8.85. The van der Waals surface area contributed by atoms with E-state index in [2.05, 4.69) is 94.4 Å². The first kappa shape index (κ1) is 78.2. The quantitative estimate of drug-likeness (QED) is 0.0109. The third kappa shape index (κ3) is 26.6. The van der Waals surface area contributed by atoms with Crippen LogP contribution in [0, 0.1) is 16.2 Å². The Kier molecular flexibility index (Phi) is 31.0. The van der Waals surface area contributed by atoms with Crippen molar-refractivity contribution in [2.24, 2.45) is 16.9 Å². The van der Waals surface area contributed by atoms with Crippen LogP contribution in [0.2, 0.25) is 0 Å². The molecule has 30 nitrogen and oxygen atoms in total. The Morgan fingerprint density at radius 2 is 1.01 bits per heavy atom. The molecule has 11 amide bonds. The van der Waals surface area contributed by atoms with Crippen LogP contribution in [0.3, 0.4) is 0 Å². The fourth-order valence-corrected chi connectivity index (χ4v) is 11.1. The van der Waals surface area contributed by atoms with Gasteiger partial charge in [-0.25, -0.2) is 4.79 Å². The number of amides is 11. The summed E-state index contributed by atoms with van der Waals surface area (Å²) in [5.74, 6) is -11.0. The Labute approximate surface area is 565 Å². The van der Waals surface area contributed by atoms with Gasteiger partial charge in [-0.05, 0) is 90.1 Å². The SMILES string of the molecule is CC[C@H](NC(=O)CNC(=O)C(NC(=O)[C@H](Cc1csc2ccccc12)NC(=O)[C@H](Cc1ccc2ccccc2c1)NC(=O)CNC(=O)[C@H](CCCNC(=N)N)NC(=O)[C@@H](CCCNC(=N)N)NC(=O)[C@H](CS)NC(C)=O)C(C)(C)S)C(=O)NCC(=O)N[C@H](C(=O)O)C(C)(C)C. The number of hydrogen-bond acceptors (Lipinski definition) is 17. The number of thiol groups is 2. The summed E-state index contributed by atoms with van der Waals surface area (Å²) in [6, 6.07) is 9.49. The van der Waals surface area contributed by atoms with Crippen LogP contribution in [0.25, 0.3) is 20.9 Å². The summed E-state index contributed by atoms with van der Waals surface area (Å²) in [5, 5.41) is 62.2. The van der Waals surface area contributed by atoms with Gasteiger partial charge in [0, 0.05) is 48.1 Å². The molecule has 0 bridgehead atoms. The maximum absolute atomic E-state index is 15.0. The van der Waals surface area contributed by atoms with Gasteiger partial charge in [-0.1, -0.05) is 88.4 Å². The molecular formula is C62H89N17O13S3. The van der Waals surface area contributed by atoms with E-state index in [1.165, 1.54) is 32.1 Å². The molecule has 1 aromatic heterocycles. The van der Waals surface area contributed by atoms with E-state index in [0.29, 0.717) is 11.1 Å². The lowest BCUT2D eigenvalue weighted by Crippen LogP contribution is -2.62. The molecule has 3 aromatic carbocycles. The summed E-state index contributed by atoms with van der Waals surface area (Å²) < 4.78 is -0.484. The van der Waals surface area contributed by atoms with Crippen molar-refractivity contribution in [1.82, 2.24) is 69.1 Å². The largest absolute Gasteiger partial charge is 0.480 e. The van der Waals surface area contributed by atoms with Crippen LogP contribution in [0.1, 0.15) is 91.7 Å². The third-order valence-electron chi connectivity index (χ3n) is 14.6. The molecule has 4 aromatic rings. The van der Waals surface area contributed by atoms with Crippen LogP contribution in [0.4, 0.5) is 0 Å². The number of nitrogens with two attached hydrogens (primary N) is 2. The van der Waals surface area contributed by atoms with Gasteiger partial charge < -0.3 is 85.7 Å². The monoisotopic (exact) mass is 1380 g/mol. The number of carboxylic acids is 1. The Bertz CT molecular complexity index is 3430. The summed E-state index contributed by atoms with van der Waals surface area (Å²) in [5.41, 5.74) is 11.3. The Morgan fingerprint density at radius 3 is 1.55 bits per heavy atom. The highest BCUT2D eigenvalue weighted by atomic mass is 32.1. The highest BCUT2D eigenvalue weighted by molar-refractivity contribution is 7.81. The Hall–Kier alpha value is -9.24. The summed E-state index contributed by atoms with van der Waals surface area (Å²) in [7, 11) is 0. The highest BCUT2D eigenvalue weighted by Crippen LogP contribution is 2.27. The standard InChI is InChI=1S/C62H89N17O13S3/c1-8-39(51(84)69-30-48(83)78-50(58(91)92)61(3,4)5)73-46(81)29-71-57(90)49(62(6,7)94)79-55(88)43(27-37-32-95-45-20-12-11-17-38(37)45)77-54(87)42(26-34-21-22-35-15-9-10-16-36(35)25-34)74-47(82)28-70-52(85)40(18-13-23-67-59(63)64)75-53(86)41(19-14-24-68-60(65)66)76-56(89)44(31-93)72-33(2)80/h9-12,15-17,20-22,25,32,39-44,49-50,93-94H,8,13-14,18-19,23-24,26-31H2,1-7H3,(H,69,84)(H,70,85)(H,71,90)(H,72,80)(H,73,81)(H,74,82)(H,75,86)(H,76,89)(H,77,87)(H,78,83)(H,79,88)(H,91,92)(H4,63,64,67)(H4,65,66,68)/t39-,40-,41+,42-,43-,44-,49?,50+/m0/s1. The van der Waals surface area contributed by atoms with E-state index >= 15 is 0 Å². The maximum atomic E-state index is 15.0. The van der Waals surface area contributed by atoms with Crippen molar-refractivity contribution in [2.75, 3.05) is 38.5 Å². The Balaban J connectivity index is 1.60. The van der Waals surface area contributed by atoms with Gasteiger partial charge in [0.15, 0.2) is 11.9 Å². The number of hydrogen-bond donors (Lipinski definition) is 20. The predicted octanol–water partition coefficient (Wildman–Crippen LogP) is -1.21. The van der Waals surface area contributed by atoms with Gasteiger partial charge in [0.1, 0.15) is 48.3 Å². The number of guanidine groups is 2. The van der Waals surface area contributed by atoms with E-state index < -0.39 is 149 Å². The van der Waals surface area contributed by atoms with Crippen molar-refractivity contribution in [2.45, 2.75) is 146 Å². The highest BCUT2D eigenvalue weighted by Gasteiger charge is 2.38. The summed E-state index contributed by atoms with van der Waals surface area (Å²) in [6.07, 6.45) is -0.0267. The number of fused-ring (bicyclic) bond motifs is 2. The maximum Gasteiger partial charge on any atom is 0.326 e. The second kappa shape index (κ2) is 37.6. The van der Waals surface area contributed by atoms with Crippen LogP contribution >= 0.6 is 36.6 Å². The van der Waals surface area contributed by atoms with Crippen molar-refractivity contribution in [1.29, 1.82) is 10.8 Å². The third-order valence-corrected chi connectivity index (χ3v) is 16.3. The number of carboxylic acid groups (broad SMARTS) is 1. The first-order valence-corrected chi connectivity index (χ1v) is 32.5. The molecule has 0 radical (unpaired) electrons. The van der Waals surface area contributed by atoms with E-state index in [1.807, 2.05) is 60.0 Å². The first-order chi connectivity index (χ1) is 44.7. The van der Waals surface area contributed by atoms with Crippen LogP contribution < -0.4 is 80.6 Å². The van der Waals surface area contributed by atoms with Gasteiger partial charge in [0.05, 0.1) is 19.6 Å². The van der Waals surface area contributed by atoms with E-state index in [-0.39, 0.29) is 75.7 Å². The first-order valence-electron chi connectivity index (χ1n) is 30.5. The second-order valence-electron chi connectivity index (χ2n) is 24.0. The molecule has 20 N–H and O–H groups in total. The molecule has 95 heavy (non-hydrogen) atoms. The number of aliphatic carboxylic acids is 1. The summed E-state index contributed by atoms with van der Waals surface area (Å²) >= 11 is 10.2. The molecule has 0 saturated heterocycles. The summed E-state index contributed by atoms with van der Waals surface area (Å²) in [4.78, 5) is 162. The fraction of sp³-hybridized carbons (Fsp3) is 0.484. The van der Waals surface area contributed by atoms with Crippen LogP contribution in [0.5, 0.6) is 0 Å². The average molecular weight is 1380 g/mol. The van der Waals surface area contributed by atoms with Gasteiger partial charge in [-0.3, -0.25) is 63.6 Å². The van der Waals surface area contributed by atoms with Gasteiger partial charge in [-0.15, -0.1) is 11.3 Å². The predicted molar refractivity (Wildman–Crippen MR) is 366 cm³/mol. The lowest BCUT2D eigenvalue weighted by molar-refractivity contribution is -0.145. The van der Waals surface area contributed by atoms with Gasteiger partial charge in [0.25, 0.3) is 0 Å². The molecule has 1 heterocycles. The van der Waals surface area contributed by atoms with Gasteiger partial charge >= 0.3 is 5.97 Å². The van der Waals surface area contributed by atoms with Crippen molar-refractivity contribution < 1.29 is 62.6 Å². The smallest absolute Gasteiger partial charge is 0.326 e. The van der Waals surface area contributed by atoms with Crippen molar-refractivity contribution in [3.05, 3.63) is 83.2 Å². The number of carbonyl (C=O) groups excluding carboxylic acids is 11. The lowest BCUT2D eigenvalue weighted by Gasteiger charge is -2.31. The van der Waals surface area contributed by atoms with E-state index in [0.717, 1.165) is 20.9 Å². The molecule has 0 fully saturated rings. The molecule has 1 unspecified atom stereocenters. The van der Waals surface area contributed by atoms with Crippen LogP contribution in [-0.2, 0) is 70.4 Å². The minimum Gasteiger partial charge on any atom is -0.480 e. The molecular weight excluding hydrogens is 1290 g/mol. The number of benzene rings is 3. The lowest BCUT2D eigenvalue weighted by atomic mass is 9.87. The van der Waals surface area contributed by atoms with Crippen LogP contribution in [0.15, 0.2) is 72.1 Å². The van der Waals surface area contributed by atoms with E-state index in [4.69, 9.17) is 22.3 Å². The fourth-order valence-electron chi connectivity index (χ4n) is 9.64. The number of thiophene rings is 1. The normalized spacial score (nSPS) is 13.8. The zero-order valence-corrected chi connectivity index (χ0v) is 56.6. The molecule has 0 spiro atoms. The van der Waals surface area contributed by atoms with E-state index in [9.17, 15) is 62.6 Å². The Morgan fingerprint density at radius 1 is 0.537 bits per heavy atom. The molecule has 33 heteroatoms. The number of nitrogens with one attached hydrogen (secondary N) is 15. The molecule has 8 atom stereocenters. The van der Waals surface area contributed by atoms with Gasteiger partial charge in [-0.2, -0.15) is 25.3 Å². The second-order valence-corrected chi connectivity index (χ2v) is 26.5. The molecule has 0 saturated carbocycles. The van der Waals surface area contributed by atoms with Crippen LogP contribution in [-0.4, -0.2) is 180 Å². The number of carbonyl (C=O) groups is 12. The van der Waals surface area contributed by atoms with Crippen molar-refractivity contribution in [3.63, 3.8) is 0 Å². The molecule has 0 aliphatic carbocycles. The zero-order valence-electron chi connectivity index (χ0n) is 54.0. The molecule has 0 aliphatic heterocycles. The van der Waals surface area contributed by atoms with Gasteiger partial charge in [0.2, 0.25) is 65.0 Å². The number of rotatable bonds is 37. The molecule has 0 aliphatic rings. The topological polar surface area (TPSA) is 481 Å². The molecule has 4 rings (SSSR count). The zero-order chi connectivity index (χ0) is 70.7. The minimum absolute atomic E-state index is 0.0353. The van der Waals surface area contributed by atoms with E-state index in [1.54, 1.807) is 39.8 Å². The molecule has 518 valence electrons. The van der Waals surface area contributed by atoms with Crippen molar-refractivity contribution in [3.8, 4) is 0 Å². The minimum atomic E-state index is -1.49.